The molecule has 0 aromatic heterocycles. The van der Waals surface area contributed by atoms with Crippen LogP contribution in [0.2, 0.25) is 0 Å². The number of ether oxygens (including phenoxy) is 2. The third kappa shape index (κ3) is 7.08. The van der Waals surface area contributed by atoms with E-state index in [-0.39, 0.29) is 12.5 Å². The maximum absolute atomic E-state index is 9.64. The SMILES string of the molecule is CCCCCCCCC(CCO)C(OCC)(OCC)c1ccccc1. The van der Waals surface area contributed by atoms with Crippen molar-refractivity contribution in [1.29, 1.82) is 0 Å². The smallest absolute Gasteiger partial charge is 0.197 e. The molecule has 0 aliphatic carbocycles. The molecular weight excluding hydrogens is 312 g/mol. The molecule has 25 heavy (non-hydrogen) atoms. The Balaban J connectivity index is 2.88. The lowest BCUT2D eigenvalue weighted by Crippen LogP contribution is -2.42. The van der Waals surface area contributed by atoms with Crippen LogP contribution in [0, 0.1) is 5.92 Å². The van der Waals surface area contributed by atoms with Gasteiger partial charge in [-0.1, -0.05) is 75.8 Å². The van der Waals surface area contributed by atoms with Gasteiger partial charge in [0, 0.05) is 31.3 Å². The zero-order chi connectivity index (χ0) is 18.4. The average Bonchev–Trinajstić information content (AvgIpc) is 2.64. The van der Waals surface area contributed by atoms with E-state index in [2.05, 4.69) is 19.1 Å². The molecule has 3 heteroatoms. The average molecular weight is 351 g/mol. The van der Waals surface area contributed by atoms with Gasteiger partial charge in [0.15, 0.2) is 5.79 Å². The third-order valence-corrected chi connectivity index (χ3v) is 4.81. The van der Waals surface area contributed by atoms with Crippen molar-refractivity contribution in [3.8, 4) is 0 Å². The van der Waals surface area contributed by atoms with E-state index in [1.807, 2.05) is 32.0 Å². The zero-order valence-corrected chi connectivity index (χ0v) is 16.5. The topological polar surface area (TPSA) is 38.7 Å². The molecule has 0 saturated carbocycles. The highest BCUT2D eigenvalue weighted by atomic mass is 16.7. The summed E-state index contributed by atoms with van der Waals surface area (Å²) in [5.41, 5.74) is 1.06. The lowest BCUT2D eigenvalue weighted by atomic mass is 9.84. The molecule has 0 spiro atoms. The molecule has 0 fully saturated rings. The molecule has 1 rings (SSSR count). The summed E-state index contributed by atoms with van der Waals surface area (Å²) in [6.45, 7) is 7.61. The first-order chi connectivity index (χ1) is 12.2. The van der Waals surface area contributed by atoms with Crippen molar-refractivity contribution >= 4 is 0 Å². The van der Waals surface area contributed by atoms with Crippen LogP contribution in [0.5, 0.6) is 0 Å². The normalized spacial score (nSPS) is 13.1. The van der Waals surface area contributed by atoms with Crippen LogP contribution in [0.15, 0.2) is 30.3 Å². The minimum atomic E-state index is -0.753. The second-order valence-electron chi connectivity index (χ2n) is 6.67. The number of hydrogen-bond acceptors (Lipinski definition) is 3. The minimum Gasteiger partial charge on any atom is -0.396 e. The zero-order valence-electron chi connectivity index (χ0n) is 16.5. The van der Waals surface area contributed by atoms with Gasteiger partial charge in [-0.25, -0.2) is 0 Å². The van der Waals surface area contributed by atoms with Gasteiger partial charge in [-0.15, -0.1) is 0 Å². The van der Waals surface area contributed by atoms with Crippen LogP contribution in [-0.2, 0) is 15.3 Å². The number of aliphatic hydroxyl groups is 1. The Labute approximate surface area is 154 Å². The Kier molecular flexibility index (Phi) is 11.8. The van der Waals surface area contributed by atoms with E-state index < -0.39 is 5.79 Å². The summed E-state index contributed by atoms with van der Waals surface area (Å²) in [7, 11) is 0. The van der Waals surface area contributed by atoms with Gasteiger partial charge in [-0.05, 0) is 26.7 Å². The summed E-state index contributed by atoms with van der Waals surface area (Å²) in [4.78, 5) is 0. The molecule has 0 radical (unpaired) electrons. The Morgan fingerprint density at radius 3 is 2.00 bits per heavy atom. The van der Waals surface area contributed by atoms with Crippen molar-refractivity contribution in [3.63, 3.8) is 0 Å². The lowest BCUT2D eigenvalue weighted by Gasteiger charge is -2.40. The van der Waals surface area contributed by atoms with Crippen molar-refractivity contribution in [3.05, 3.63) is 35.9 Å². The van der Waals surface area contributed by atoms with E-state index in [0.717, 1.165) is 18.4 Å². The van der Waals surface area contributed by atoms with Crippen molar-refractivity contribution in [2.45, 2.75) is 77.9 Å². The number of rotatable bonds is 15. The summed E-state index contributed by atoms with van der Waals surface area (Å²) < 4.78 is 12.5. The summed E-state index contributed by atoms with van der Waals surface area (Å²) in [5.74, 6) is -0.595. The fraction of sp³-hybridized carbons (Fsp3) is 0.727. The van der Waals surface area contributed by atoms with Gasteiger partial charge in [-0.3, -0.25) is 0 Å². The first-order valence-corrected chi connectivity index (χ1v) is 10.2. The van der Waals surface area contributed by atoms with Crippen molar-refractivity contribution in [1.82, 2.24) is 0 Å². The van der Waals surface area contributed by atoms with Gasteiger partial charge < -0.3 is 14.6 Å². The van der Waals surface area contributed by atoms with Crippen LogP contribution in [0.25, 0.3) is 0 Å². The van der Waals surface area contributed by atoms with E-state index in [1.165, 1.54) is 32.1 Å². The summed E-state index contributed by atoms with van der Waals surface area (Å²) in [6, 6.07) is 10.2. The molecule has 1 unspecified atom stereocenters. The maximum atomic E-state index is 9.64. The minimum absolute atomic E-state index is 0.158. The largest absolute Gasteiger partial charge is 0.396 e. The van der Waals surface area contributed by atoms with Gasteiger partial charge in [0.05, 0.1) is 0 Å². The lowest BCUT2D eigenvalue weighted by molar-refractivity contribution is -0.277. The fourth-order valence-corrected chi connectivity index (χ4v) is 3.63. The van der Waals surface area contributed by atoms with E-state index in [4.69, 9.17) is 9.47 Å². The van der Waals surface area contributed by atoms with Crippen LogP contribution in [-0.4, -0.2) is 24.9 Å². The third-order valence-electron chi connectivity index (χ3n) is 4.81. The molecule has 1 aromatic rings. The predicted octanol–water partition coefficient (Wildman–Crippen LogP) is 5.66. The standard InChI is InChI=1S/C22H38O3/c1-4-7-8-9-10-12-17-21(18-19-23)22(24-5-2,25-6-3)20-15-13-11-14-16-20/h11,13-16,21,23H,4-10,12,17-19H2,1-3H3. The molecule has 0 heterocycles. The molecule has 1 aromatic carbocycles. The van der Waals surface area contributed by atoms with Crippen LogP contribution >= 0.6 is 0 Å². The molecule has 0 saturated heterocycles. The molecular formula is C22H38O3. The van der Waals surface area contributed by atoms with E-state index >= 15 is 0 Å². The Hall–Kier alpha value is -0.900. The number of aliphatic hydroxyl groups excluding tert-OH is 1. The van der Waals surface area contributed by atoms with Gasteiger partial charge in [0.1, 0.15) is 0 Å². The first-order valence-electron chi connectivity index (χ1n) is 10.2. The monoisotopic (exact) mass is 350 g/mol. The highest BCUT2D eigenvalue weighted by Crippen LogP contribution is 2.40. The van der Waals surface area contributed by atoms with Crippen LogP contribution in [0.1, 0.15) is 77.7 Å². The summed E-state index contributed by atoms with van der Waals surface area (Å²) in [6.07, 6.45) is 9.33. The highest BCUT2D eigenvalue weighted by Gasteiger charge is 2.41. The molecule has 144 valence electrons. The first kappa shape index (κ1) is 22.1. The number of unbranched alkanes of at least 4 members (excludes halogenated alkanes) is 5. The summed E-state index contributed by atoms with van der Waals surface area (Å²) in [5, 5.41) is 9.64. The van der Waals surface area contributed by atoms with Crippen molar-refractivity contribution < 1.29 is 14.6 Å². The summed E-state index contributed by atoms with van der Waals surface area (Å²) >= 11 is 0. The maximum Gasteiger partial charge on any atom is 0.197 e. The van der Waals surface area contributed by atoms with E-state index in [0.29, 0.717) is 19.6 Å². The quantitative estimate of drug-likeness (QED) is 0.327. The number of benzene rings is 1. The molecule has 0 aliphatic rings. The molecule has 3 nitrogen and oxygen atoms in total. The Bertz CT molecular complexity index is 413. The molecule has 1 N–H and O–H groups in total. The van der Waals surface area contributed by atoms with E-state index in [9.17, 15) is 5.11 Å². The van der Waals surface area contributed by atoms with Gasteiger partial charge in [-0.2, -0.15) is 0 Å². The van der Waals surface area contributed by atoms with Crippen LogP contribution in [0.4, 0.5) is 0 Å². The Morgan fingerprint density at radius 1 is 0.840 bits per heavy atom. The second-order valence-corrected chi connectivity index (χ2v) is 6.67. The van der Waals surface area contributed by atoms with Gasteiger partial charge in [0.25, 0.3) is 0 Å². The van der Waals surface area contributed by atoms with E-state index in [1.54, 1.807) is 0 Å². The molecule has 0 bridgehead atoms. The number of hydrogen-bond donors (Lipinski definition) is 1. The second kappa shape index (κ2) is 13.3. The fourth-order valence-electron chi connectivity index (χ4n) is 3.63. The molecule has 0 amide bonds. The van der Waals surface area contributed by atoms with Gasteiger partial charge in [0.2, 0.25) is 0 Å². The van der Waals surface area contributed by atoms with Crippen LogP contribution in [0.3, 0.4) is 0 Å². The van der Waals surface area contributed by atoms with Crippen molar-refractivity contribution in [2.75, 3.05) is 19.8 Å². The highest BCUT2D eigenvalue weighted by molar-refractivity contribution is 5.21. The Morgan fingerprint density at radius 2 is 1.44 bits per heavy atom. The molecule has 0 aliphatic heterocycles. The van der Waals surface area contributed by atoms with Crippen molar-refractivity contribution in [2.24, 2.45) is 5.92 Å². The molecule has 1 atom stereocenters. The van der Waals surface area contributed by atoms with Gasteiger partial charge >= 0.3 is 0 Å². The predicted molar refractivity (Wildman–Crippen MR) is 105 cm³/mol. The van der Waals surface area contributed by atoms with Crippen LogP contribution < -0.4 is 0 Å².